The molecular weight excluding hydrogens is 417 g/mol. The number of benzene rings is 3. The lowest BCUT2D eigenvalue weighted by atomic mass is 10.1. The van der Waals surface area contributed by atoms with Crippen molar-refractivity contribution < 1.29 is 4.79 Å². The van der Waals surface area contributed by atoms with Crippen LogP contribution in [0.1, 0.15) is 21.9 Å². The van der Waals surface area contributed by atoms with Gasteiger partial charge in [0.1, 0.15) is 5.82 Å². The molecule has 0 radical (unpaired) electrons. The van der Waals surface area contributed by atoms with E-state index in [4.69, 9.17) is 28.2 Å². The van der Waals surface area contributed by atoms with E-state index in [-0.39, 0.29) is 5.91 Å². The fourth-order valence-electron chi connectivity index (χ4n) is 3.44. The fourth-order valence-corrected chi connectivity index (χ4v) is 3.81. The van der Waals surface area contributed by atoms with Crippen LogP contribution >= 0.6 is 23.2 Å². The molecule has 1 N–H and O–H groups in total. The average molecular weight is 436 g/mol. The van der Waals surface area contributed by atoms with Gasteiger partial charge in [0, 0.05) is 34.8 Å². The molecule has 30 heavy (non-hydrogen) atoms. The number of aromatic nitrogens is 2. The molecule has 0 atom stereocenters. The van der Waals surface area contributed by atoms with Crippen molar-refractivity contribution in [2.75, 3.05) is 7.05 Å². The van der Waals surface area contributed by atoms with Crippen molar-refractivity contribution in [1.82, 2.24) is 14.9 Å². The lowest BCUT2D eigenvalue weighted by Crippen LogP contribution is -2.19. The van der Waals surface area contributed by atoms with Crippen molar-refractivity contribution in [3.8, 4) is 16.9 Å². The maximum Gasteiger partial charge on any atom is 0.271 e. The van der Waals surface area contributed by atoms with E-state index in [1.54, 1.807) is 13.1 Å². The zero-order valence-corrected chi connectivity index (χ0v) is 17.8. The van der Waals surface area contributed by atoms with E-state index < -0.39 is 0 Å². The quantitative estimate of drug-likeness (QED) is 0.430. The predicted molar refractivity (Wildman–Crippen MR) is 122 cm³/mol. The maximum atomic E-state index is 12.8. The molecule has 0 aliphatic heterocycles. The number of hydrogen-bond acceptors (Lipinski definition) is 2. The van der Waals surface area contributed by atoms with Crippen LogP contribution in [0.15, 0.2) is 78.9 Å². The Hall–Kier alpha value is -3.08. The van der Waals surface area contributed by atoms with Gasteiger partial charge in [-0.05, 0) is 35.9 Å². The molecule has 1 heterocycles. The van der Waals surface area contributed by atoms with Crippen LogP contribution < -0.4 is 5.32 Å². The minimum absolute atomic E-state index is 0.264. The fraction of sp³-hybridized carbons (Fsp3) is 0.0833. The first kappa shape index (κ1) is 20.2. The van der Waals surface area contributed by atoms with Crippen molar-refractivity contribution in [1.29, 1.82) is 0 Å². The second-order valence-electron chi connectivity index (χ2n) is 6.79. The summed E-state index contributed by atoms with van der Waals surface area (Å²) in [5, 5.41) is 3.88. The molecule has 3 aromatic carbocycles. The molecule has 1 aromatic heterocycles. The number of carbonyl (C=O) groups excluding carboxylic acids is 1. The lowest BCUT2D eigenvalue weighted by molar-refractivity contribution is 0.0959. The Morgan fingerprint density at radius 1 is 0.933 bits per heavy atom. The maximum absolute atomic E-state index is 12.8. The third-order valence-corrected chi connectivity index (χ3v) is 5.23. The summed E-state index contributed by atoms with van der Waals surface area (Å²) < 4.78 is 1.98. The van der Waals surface area contributed by atoms with E-state index >= 15 is 0 Å². The molecule has 0 aliphatic rings. The first-order valence-corrected chi connectivity index (χ1v) is 10.2. The normalized spacial score (nSPS) is 10.8. The van der Waals surface area contributed by atoms with Gasteiger partial charge in [-0.2, -0.15) is 0 Å². The second kappa shape index (κ2) is 8.74. The highest BCUT2D eigenvalue weighted by atomic mass is 35.5. The van der Waals surface area contributed by atoms with Gasteiger partial charge in [0.15, 0.2) is 5.69 Å². The van der Waals surface area contributed by atoms with Crippen molar-refractivity contribution in [3.63, 3.8) is 0 Å². The van der Waals surface area contributed by atoms with Gasteiger partial charge in [0.05, 0.1) is 5.69 Å². The van der Waals surface area contributed by atoms with Gasteiger partial charge in [-0.25, -0.2) is 4.98 Å². The van der Waals surface area contributed by atoms with Crippen LogP contribution in [0.3, 0.4) is 0 Å². The average Bonchev–Trinajstić information content (AvgIpc) is 3.13. The first-order valence-electron chi connectivity index (χ1n) is 9.46. The molecule has 0 bridgehead atoms. The largest absolute Gasteiger partial charge is 0.354 e. The number of amides is 1. The SMILES string of the molecule is CNC(=O)c1nc(Cc2ccccc2)n(-c2cccc(Cl)c2)c1-c1cccc(Cl)c1. The molecule has 0 unspecified atom stereocenters. The molecule has 0 saturated carbocycles. The van der Waals surface area contributed by atoms with Crippen molar-refractivity contribution in [3.05, 3.63) is 106 Å². The summed E-state index contributed by atoms with van der Waals surface area (Å²) in [5.41, 5.74) is 3.72. The van der Waals surface area contributed by atoms with E-state index in [1.165, 1.54) is 0 Å². The van der Waals surface area contributed by atoms with Gasteiger partial charge in [-0.3, -0.25) is 9.36 Å². The Morgan fingerprint density at radius 3 is 2.30 bits per heavy atom. The minimum Gasteiger partial charge on any atom is -0.354 e. The summed E-state index contributed by atoms with van der Waals surface area (Å²) in [5.74, 6) is 0.470. The van der Waals surface area contributed by atoms with Crippen LogP contribution in [0.4, 0.5) is 0 Å². The molecule has 6 heteroatoms. The number of carbonyl (C=O) groups is 1. The van der Waals surface area contributed by atoms with Crippen LogP contribution in [-0.4, -0.2) is 22.5 Å². The Bertz CT molecular complexity index is 1200. The number of halogens is 2. The summed E-state index contributed by atoms with van der Waals surface area (Å²) in [4.78, 5) is 17.5. The number of nitrogens with one attached hydrogen (secondary N) is 1. The molecule has 4 aromatic rings. The van der Waals surface area contributed by atoms with E-state index in [0.29, 0.717) is 27.9 Å². The second-order valence-corrected chi connectivity index (χ2v) is 7.67. The van der Waals surface area contributed by atoms with E-state index in [9.17, 15) is 4.79 Å². The van der Waals surface area contributed by atoms with Crippen molar-refractivity contribution in [2.24, 2.45) is 0 Å². The summed E-state index contributed by atoms with van der Waals surface area (Å²) in [6.45, 7) is 0. The van der Waals surface area contributed by atoms with Gasteiger partial charge in [-0.15, -0.1) is 0 Å². The summed E-state index contributed by atoms with van der Waals surface area (Å²) >= 11 is 12.6. The molecule has 0 spiro atoms. The van der Waals surface area contributed by atoms with Gasteiger partial charge in [0.2, 0.25) is 0 Å². The molecular formula is C24H19Cl2N3O. The lowest BCUT2D eigenvalue weighted by Gasteiger charge is -2.14. The van der Waals surface area contributed by atoms with Gasteiger partial charge < -0.3 is 5.32 Å². The van der Waals surface area contributed by atoms with Crippen LogP contribution in [0.25, 0.3) is 16.9 Å². The first-order chi connectivity index (χ1) is 14.6. The Kier molecular flexibility index (Phi) is 5.88. The number of imidazole rings is 1. The van der Waals surface area contributed by atoms with Crippen LogP contribution in [0.2, 0.25) is 10.0 Å². The molecule has 0 fully saturated rings. The monoisotopic (exact) mass is 435 g/mol. The highest BCUT2D eigenvalue weighted by molar-refractivity contribution is 6.31. The topological polar surface area (TPSA) is 46.9 Å². The van der Waals surface area contributed by atoms with E-state index in [2.05, 4.69) is 5.32 Å². The summed E-state index contributed by atoms with van der Waals surface area (Å²) in [7, 11) is 1.60. The zero-order valence-electron chi connectivity index (χ0n) is 16.3. The van der Waals surface area contributed by atoms with Crippen LogP contribution in [0, 0.1) is 0 Å². The van der Waals surface area contributed by atoms with Gasteiger partial charge in [0.25, 0.3) is 5.91 Å². The van der Waals surface area contributed by atoms with Gasteiger partial charge in [-0.1, -0.05) is 71.7 Å². The molecule has 4 nitrogen and oxygen atoms in total. The van der Waals surface area contributed by atoms with E-state index in [1.807, 2.05) is 77.4 Å². The number of rotatable bonds is 5. The van der Waals surface area contributed by atoms with E-state index in [0.717, 1.165) is 22.6 Å². The summed E-state index contributed by atoms with van der Waals surface area (Å²) in [6, 6.07) is 24.9. The highest BCUT2D eigenvalue weighted by Crippen LogP contribution is 2.32. The third-order valence-electron chi connectivity index (χ3n) is 4.76. The molecule has 150 valence electrons. The molecule has 4 rings (SSSR count). The van der Waals surface area contributed by atoms with Crippen molar-refractivity contribution in [2.45, 2.75) is 6.42 Å². The molecule has 0 aliphatic carbocycles. The standard InChI is InChI=1S/C24H19Cl2N3O/c1-27-24(30)22-23(17-9-5-10-18(25)14-17)29(20-12-6-11-19(26)15-20)21(28-22)13-16-7-3-2-4-8-16/h2-12,14-15H,13H2,1H3,(H,27,30). The molecule has 0 saturated heterocycles. The Labute approximate surface area is 185 Å². The number of nitrogens with zero attached hydrogens (tertiary/aromatic N) is 2. The highest BCUT2D eigenvalue weighted by Gasteiger charge is 2.24. The Morgan fingerprint density at radius 2 is 1.63 bits per heavy atom. The van der Waals surface area contributed by atoms with Crippen molar-refractivity contribution >= 4 is 29.1 Å². The molecule has 1 amide bonds. The third kappa shape index (κ3) is 4.11. The number of hydrogen-bond donors (Lipinski definition) is 1. The zero-order chi connectivity index (χ0) is 21.1. The van der Waals surface area contributed by atoms with Crippen LogP contribution in [-0.2, 0) is 6.42 Å². The minimum atomic E-state index is -0.264. The van der Waals surface area contributed by atoms with Crippen LogP contribution in [0.5, 0.6) is 0 Å². The summed E-state index contributed by atoms with van der Waals surface area (Å²) in [6.07, 6.45) is 0.553. The smallest absolute Gasteiger partial charge is 0.271 e. The predicted octanol–water partition coefficient (Wildman–Crippen LogP) is 5.80. The van der Waals surface area contributed by atoms with Gasteiger partial charge >= 0.3 is 0 Å². The Balaban J connectivity index is 2.01.